The molecule has 0 bridgehead atoms. The maximum Gasteiger partial charge on any atom is 0.0587 e. The first-order valence-electron chi connectivity index (χ1n) is 7.69. The summed E-state index contributed by atoms with van der Waals surface area (Å²) in [4.78, 5) is 0. The monoisotopic (exact) mass is 295 g/mol. The molecule has 0 unspecified atom stereocenters. The molecular weight excluding hydrogens is 270 g/mol. The molecule has 0 atom stereocenters. The quantitative estimate of drug-likeness (QED) is 0.766. The predicted molar refractivity (Wildman–Crippen MR) is 85.4 cm³/mol. The van der Waals surface area contributed by atoms with E-state index in [-0.39, 0.29) is 0 Å². The molecule has 1 N–H and O–H groups in total. The minimum Gasteiger partial charge on any atom is -0.383 e. The van der Waals surface area contributed by atoms with Crippen molar-refractivity contribution in [2.24, 2.45) is 5.41 Å². The predicted octanol–water partition coefficient (Wildman–Crippen LogP) is 4.07. The van der Waals surface area contributed by atoms with Crippen molar-refractivity contribution >= 4 is 11.6 Å². The van der Waals surface area contributed by atoms with Crippen LogP contribution in [0, 0.1) is 5.41 Å². The van der Waals surface area contributed by atoms with Crippen LogP contribution in [-0.4, -0.2) is 26.8 Å². The topological polar surface area (TPSA) is 21.3 Å². The number of hydrogen-bond acceptors (Lipinski definition) is 2. The third kappa shape index (κ3) is 4.47. The molecule has 112 valence electrons. The number of rotatable bonds is 7. The first-order chi connectivity index (χ1) is 9.76. The van der Waals surface area contributed by atoms with Crippen LogP contribution in [0.3, 0.4) is 0 Å². The first kappa shape index (κ1) is 15.8. The van der Waals surface area contributed by atoms with Crippen molar-refractivity contribution in [1.29, 1.82) is 0 Å². The van der Waals surface area contributed by atoms with E-state index in [4.69, 9.17) is 16.3 Å². The van der Waals surface area contributed by atoms with Gasteiger partial charge in [-0.15, -0.1) is 0 Å². The number of halogens is 1. The van der Waals surface area contributed by atoms with E-state index in [0.29, 0.717) is 5.41 Å². The van der Waals surface area contributed by atoms with Gasteiger partial charge in [-0.1, -0.05) is 49.1 Å². The van der Waals surface area contributed by atoms with Gasteiger partial charge in [0.1, 0.15) is 0 Å². The molecule has 1 aromatic carbocycles. The first-order valence-corrected chi connectivity index (χ1v) is 8.07. The van der Waals surface area contributed by atoms with Crippen molar-refractivity contribution in [3.63, 3.8) is 0 Å². The molecule has 0 radical (unpaired) electrons. The number of ether oxygens (including phenoxy) is 1. The molecule has 1 aromatic rings. The van der Waals surface area contributed by atoms with Crippen LogP contribution in [0.25, 0.3) is 0 Å². The Bertz CT molecular complexity index is 402. The third-order valence-electron chi connectivity index (χ3n) is 4.42. The summed E-state index contributed by atoms with van der Waals surface area (Å²) in [5.41, 5.74) is 1.67. The van der Waals surface area contributed by atoms with Crippen LogP contribution < -0.4 is 5.32 Å². The van der Waals surface area contributed by atoms with E-state index in [1.807, 2.05) is 12.1 Å². The van der Waals surface area contributed by atoms with E-state index in [1.54, 1.807) is 7.11 Å². The number of hydrogen-bond donors (Lipinski definition) is 1. The molecule has 2 nitrogen and oxygen atoms in total. The van der Waals surface area contributed by atoms with Crippen LogP contribution in [0.15, 0.2) is 24.3 Å². The Hall–Kier alpha value is -0.570. The molecule has 0 heterocycles. The van der Waals surface area contributed by atoms with Gasteiger partial charge in [0, 0.05) is 25.2 Å². The smallest absolute Gasteiger partial charge is 0.0587 e. The molecule has 0 aliphatic heterocycles. The molecule has 1 aliphatic rings. The molecular formula is C17H26ClNO. The average molecular weight is 296 g/mol. The standard InChI is InChI=1S/C17H26ClNO/c1-20-12-11-19-14-17(9-5-2-6-10-17)13-15-7-3-4-8-16(15)18/h3-4,7-8,19H,2,5-6,9-14H2,1H3. The largest absolute Gasteiger partial charge is 0.383 e. The van der Waals surface area contributed by atoms with Crippen molar-refractivity contribution in [2.45, 2.75) is 38.5 Å². The highest BCUT2D eigenvalue weighted by Crippen LogP contribution is 2.39. The second kappa shape index (κ2) is 8.02. The summed E-state index contributed by atoms with van der Waals surface area (Å²) in [5, 5.41) is 4.48. The fourth-order valence-electron chi connectivity index (χ4n) is 3.29. The summed E-state index contributed by atoms with van der Waals surface area (Å²) in [6.45, 7) is 2.78. The molecule has 0 aromatic heterocycles. The minimum atomic E-state index is 0.372. The van der Waals surface area contributed by atoms with Gasteiger partial charge < -0.3 is 10.1 Å². The van der Waals surface area contributed by atoms with Gasteiger partial charge in [-0.2, -0.15) is 0 Å². The number of nitrogens with one attached hydrogen (secondary N) is 1. The van der Waals surface area contributed by atoms with Gasteiger partial charge in [0.25, 0.3) is 0 Å². The molecule has 1 aliphatic carbocycles. The van der Waals surface area contributed by atoms with Crippen molar-refractivity contribution in [2.75, 3.05) is 26.8 Å². The number of methoxy groups -OCH3 is 1. The molecule has 20 heavy (non-hydrogen) atoms. The third-order valence-corrected chi connectivity index (χ3v) is 4.79. The SMILES string of the molecule is COCCNCC1(Cc2ccccc2Cl)CCCCC1. The lowest BCUT2D eigenvalue weighted by Crippen LogP contribution is -2.39. The van der Waals surface area contributed by atoms with Crippen molar-refractivity contribution in [3.05, 3.63) is 34.9 Å². The lowest BCUT2D eigenvalue weighted by Gasteiger charge is -2.38. The molecule has 0 amide bonds. The Morgan fingerprint density at radius 2 is 1.95 bits per heavy atom. The lowest BCUT2D eigenvalue weighted by molar-refractivity contribution is 0.162. The van der Waals surface area contributed by atoms with E-state index >= 15 is 0 Å². The molecule has 0 saturated heterocycles. The van der Waals surface area contributed by atoms with E-state index in [0.717, 1.165) is 31.1 Å². The van der Waals surface area contributed by atoms with E-state index in [2.05, 4.69) is 17.4 Å². The second-order valence-corrected chi connectivity index (χ2v) is 6.41. The zero-order valence-corrected chi connectivity index (χ0v) is 13.2. The Balaban J connectivity index is 2.01. The van der Waals surface area contributed by atoms with Crippen LogP contribution in [0.4, 0.5) is 0 Å². The van der Waals surface area contributed by atoms with Crippen LogP contribution in [-0.2, 0) is 11.2 Å². The van der Waals surface area contributed by atoms with Gasteiger partial charge in [0.2, 0.25) is 0 Å². The summed E-state index contributed by atoms with van der Waals surface area (Å²) in [6, 6.07) is 8.28. The van der Waals surface area contributed by atoms with Crippen molar-refractivity contribution in [1.82, 2.24) is 5.32 Å². The van der Waals surface area contributed by atoms with Crippen LogP contribution >= 0.6 is 11.6 Å². The van der Waals surface area contributed by atoms with Crippen LogP contribution in [0.2, 0.25) is 5.02 Å². The molecule has 1 saturated carbocycles. The summed E-state index contributed by atoms with van der Waals surface area (Å²) >= 11 is 6.35. The van der Waals surface area contributed by atoms with Gasteiger partial charge in [-0.25, -0.2) is 0 Å². The Kier molecular flexibility index (Phi) is 6.34. The normalized spacial score (nSPS) is 18.1. The van der Waals surface area contributed by atoms with E-state index < -0.39 is 0 Å². The Labute approximate surface area is 127 Å². The van der Waals surface area contributed by atoms with Crippen LogP contribution in [0.5, 0.6) is 0 Å². The summed E-state index contributed by atoms with van der Waals surface area (Å²) < 4.78 is 5.12. The van der Waals surface area contributed by atoms with Gasteiger partial charge in [0.15, 0.2) is 0 Å². The molecule has 2 rings (SSSR count). The van der Waals surface area contributed by atoms with Crippen molar-refractivity contribution in [3.8, 4) is 0 Å². The Morgan fingerprint density at radius 3 is 2.65 bits per heavy atom. The highest BCUT2D eigenvalue weighted by atomic mass is 35.5. The molecule has 1 fully saturated rings. The fraction of sp³-hybridized carbons (Fsp3) is 0.647. The number of benzene rings is 1. The maximum absolute atomic E-state index is 6.35. The maximum atomic E-state index is 6.35. The minimum absolute atomic E-state index is 0.372. The average Bonchev–Trinajstić information content (AvgIpc) is 2.47. The zero-order valence-electron chi connectivity index (χ0n) is 12.5. The van der Waals surface area contributed by atoms with Crippen LogP contribution in [0.1, 0.15) is 37.7 Å². The Morgan fingerprint density at radius 1 is 1.20 bits per heavy atom. The van der Waals surface area contributed by atoms with Gasteiger partial charge in [-0.05, 0) is 36.3 Å². The van der Waals surface area contributed by atoms with E-state index in [9.17, 15) is 0 Å². The fourth-order valence-corrected chi connectivity index (χ4v) is 3.49. The van der Waals surface area contributed by atoms with Gasteiger partial charge >= 0.3 is 0 Å². The van der Waals surface area contributed by atoms with Gasteiger partial charge in [0.05, 0.1) is 6.61 Å². The lowest BCUT2D eigenvalue weighted by atomic mass is 9.70. The molecule has 3 heteroatoms. The van der Waals surface area contributed by atoms with Gasteiger partial charge in [-0.3, -0.25) is 0 Å². The zero-order chi connectivity index (χ0) is 14.3. The summed E-state index contributed by atoms with van der Waals surface area (Å²) in [6.07, 6.45) is 7.76. The highest BCUT2D eigenvalue weighted by Gasteiger charge is 2.32. The summed E-state index contributed by atoms with van der Waals surface area (Å²) in [7, 11) is 1.75. The second-order valence-electron chi connectivity index (χ2n) is 6.00. The highest BCUT2D eigenvalue weighted by molar-refractivity contribution is 6.31. The van der Waals surface area contributed by atoms with E-state index in [1.165, 1.54) is 37.7 Å². The van der Waals surface area contributed by atoms with Crippen molar-refractivity contribution < 1.29 is 4.74 Å². The summed E-state index contributed by atoms with van der Waals surface area (Å²) in [5.74, 6) is 0. The molecule has 0 spiro atoms.